The summed E-state index contributed by atoms with van der Waals surface area (Å²) in [7, 11) is 1.61. The molecule has 2 aromatic carbocycles. The minimum absolute atomic E-state index is 0.0147. The smallest absolute Gasteiger partial charge is 0.271 e. The van der Waals surface area contributed by atoms with Crippen molar-refractivity contribution in [3.05, 3.63) is 90.0 Å². The Balaban J connectivity index is 1.87. The number of nitrogens with zero attached hydrogens (tertiary/aromatic N) is 3. The van der Waals surface area contributed by atoms with Gasteiger partial charge in [0.05, 0.1) is 23.2 Å². The second-order valence-corrected chi connectivity index (χ2v) is 9.71. The minimum atomic E-state index is -1.39. The molecule has 0 fully saturated rings. The van der Waals surface area contributed by atoms with Crippen LogP contribution in [-0.4, -0.2) is 52.5 Å². The number of aromatic nitrogens is 1. The Morgan fingerprint density at radius 1 is 1.12 bits per heavy atom. The summed E-state index contributed by atoms with van der Waals surface area (Å²) in [4.78, 5) is 44.6. The maximum absolute atomic E-state index is 15.1. The number of hydrogen-bond donors (Lipinski definition) is 3. The van der Waals surface area contributed by atoms with Crippen molar-refractivity contribution in [1.29, 1.82) is 0 Å². The lowest BCUT2D eigenvalue weighted by atomic mass is 10.2. The molecule has 0 aliphatic heterocycles. The fourth-order valence-electron chi connectivity index (χ4n) is 3.43. The number of imide groups is 1. The van der Waals surface area contributed by atoms with Gasteiger partial charge in [0.1, 0.15) is 29.0 Å². The summed E-state index contributed by atoms with van der Waals surface area (Å²) in [6, 6.07) is 9.59. The number of nitrogens with two attached hydrogens (primary N) is 1. The van der Waals surface area contributed by atoms with Crippen LogP contribution in [-0.2, 0) is 25.7 Å². The summed E-state index contributed by atoms with van der Waals surface area (Å²) in [6.07, 6.45) is 6.94. The molecule has 42 heavy (non-hydrogen) atoms. The molecule has 4 N–H and O–H groups in total. The zero-order valence-corrected chi connectivity index (χ0v) is 23.7. The van der Waals surface area contributed by atoms with Crippen molar-refractivity contribution in [3.8, 4) is 11.5 Å². The number of pyridine rings is 1. The highest BCUT2D eigenvalue weighted by atomic mass is 32.2. The first-order valence-corrected chi connectivity index (χ1v) is 13.9. The lowest BCUT2D eigenvalue weighted by molar-refractivity contribution is -0.121. The molecule has 0 bridgehead atoms. The van der Waals surface area contributed by atoms with E-state index in [2.05, 4.69) is 15.0 Å². The van der Waals surface area contributed by atoms with E-state index in [0.717, 1.165) is 18.2 Å². The second-order valence-electron chi connectivity index (χ2n) is 8.60. The zero-order valence-electron chi connectivity index (χ0n) is 22.8. The van der Waals surface area contributed by atoms with Crippen LogP contribution in [0, 0.1) is 11.6 Å². The van der Waals surface area contributed by atoms with Gasteiger partial charge in [0, 0.05) is 37.6 Å². The van der Waals surface area contributed by atoms with Crippen molar-refractivity contribution in [3.63, 3.8) is 0 Å². The Bertz CT molecular complexity index is 1500. The van der Waals surface area contributed by atoms with E-state index in [9.17, 15) is 23.3 Å². The molecule has 11 nitrogen and oxygen atoms in total. The Labute approximate surface area is 244 Å². The zero-order chi connectivity index (χ0) is 30.8. The van der Waals surface area contributed by atoms with E-state index < -0.39 is 40.4 Å². The van der Waals surface area contributed by atoms with Crippen LogP contribution in [0.4, 0.5) is 25.8 Å². The number of ether oxygens (including phenoxy) is 1. The van der Waals surface area contributed by atoms with Gasteiger partial charge in [-0.2, -0.15) is 0 Å². The number of anilines is 3. The number of carbonyl (C=O) groups excluding carboxylic acids is 3. The molecule has 0 aliphatic rings. The average molecular weight is 599 g/mol. The summed E-state index contributed by atoms with van der Waals surface area (Å²) in [5.41, 5.74) is 5.70. The van der Waals surface area contributed by atoms with E-state index in [1.165, 1.54) is 66.2 Å². The van der Waals surface area contributed by atoms with Gasteiger partial charge in [-0.15, -0.1) is 0 Å². The second kappa shape index (κ2) is 14.6. The van der Waals surface area contributed by atoms with E-state index >= 15 is 4.39 Å². The van der Waals surface area contributed by atoms with Gasteiger partial charge in [-0.1, -0.05) is 0 Å². The van der Waals surface area contributed by atoms with Crippen LogP contribution in [0.3, 0.4) is 0 Å². The number of halogens is 2. The predicted molar refractivity (Wildman–Crippen MR) is 157 cm³/mol. The third-order valence-corrected chi connectivity index (χ3v) is 6.08. The van der Waals surface area contributed by atoms with Crippen molar-refractivity contribution >= 4 is 52.7 Å². The molecule has 0 spiro atoms. The van der Waals surface area contributed by atoms with E-state index in [1.54, 1.807) is 14.0 Å². The molecule has 14 heteroatoms. The van der Waals surface area contributed by atoms with E-state index in [0.29, 0.717) is 17.1 Å². The molecule has 3 aromatic rings. The molecule has 3 rings (SSSR count). The van der Waals surface area contributed by atoms with Crippen LogP contribution in [0.2, 0.25) is 0 Å². The lowest BCUT2D eigenvalue weighted by Gasteiger charge is -2.20. The Morgan fingerprint density at radius 2 is 1.83 bits per heavy atom. The number of nitrogens with one attached hydrogen (secondary N) is 2. The van der Waals surface area contributed by atoms with Gasteiger partial charge in [0.2, 0.25) is 6.41 Å². The maximum atomic E-state index is 15.1. The summed E-state index contributed by atoms with van der Waals surface area (Å²) in [6.45, 7) is 2.20. The van der Waals surface area contributed by atoms with E-state index in [4.69, 9.17) is 10.5 Å². The number of carbonyl (C=O) groups is 3. The standard InChI is InChI=1S/C28H28F2N6O5S/c1-4-35(2)16-22(28(39)36(17-37)21-8-5-18(29)6-9-21)27(38)33-19-7-10-25(23(30)13-19)41-26-14-20(34-42(3)40)15-32-24(26)11-12-31/h5-17,34H,4,31H2,1-3H3,(H,33,38)/b12-11?,22-16-. The fourth-order valence-corrected chi connectivity index (χ4v) is 3.88. The number of amides is 3. The molecule has 220 valence electrons. The normalized spacial score (nSPS) is 12.0. The van der Waals surface area contributed by atoms with Crippen molar-refractivity contribution in [2.75, 3.05) is 34.8 Å². The molecule has 0 saturated carbocycles. The van der Waals surface area contributed by atoms with Crippen molar-refractivity contribution in [2.24, 2.45) is 5.73 Å². The molecule has 0 aliphatic carbocycles. The highest BCUT2D eigenvalue weighted by Crippen LogP contribution is 2.31. The SMILES string of the molecule is CCN(C)/C=C(/C(=O)Nc1ccc(Oc2cc(N[S+](C)[O-])cnc2C=CN)c(F)c1)C(=O)N(C=O)c1ccc(F)cc1. The Hall–Kier alpha value is -4.95. The number of hydrogen-bond acceptors (Lipinski definition) is 9. The molecular weight excluding hydrogens is 570 g/mol. The van der Waals surface area contributed by atoms with E-state index in [-0.39, 0.29) is 35.0 Å². The maximum Gasteiger partial charge on any atom is 0.271 e. The van der Waals surface area contributed by atoms with Crippen LogP contribution in [0.5, 0.6) is 11.5 Å². The van der Waals surface area contributed by atoms with Crippen molar-refractivity contribution < 1.29 is 32.5 Å². The molecule has 0 saturated heterocycles. The van der Waals surface area contributed by atoms with Crippen LogP contribution >= 0.6 is 0 Å². The lowest BCUT2D eigenvalue weighted by Crippen LogP contribution is -2.36. The minimum Gasteiger partial charge on any atom is -0.593 e. The molecule has 3 amide bonds. The third kappa shape index (κ3) is 8.28. The topological polar surface area (TPSA) is 153 Å². The summed E-state index contributed by atoms with van der Waals surface area (Å²) in [5.74, 6) is -3.46. The highest BCUT2D eigenvalue weighted by molar-refractivity contribution is 7.92. The van der Waals surface area contributed by atoms with Crippen LogP contribution in [0.1, 0.15) is 12.6 Å². The van der Waals surface area contributed by atoms with Crippen LogP contribution in [0.25, 0.3) is 6.08 Å². The fraction of sp³-hybridized carbons (Fsp3) is 0.143. The molecule has 1 atom stereocenters. The molecular formula is C28H28F2N6O5S. The first-order chi connectivity index (χ1) is 20.1. The van der Waals surface area contributed by atoms with Crippen molar-refractivity contribution in [2.45, 2.75) is 6.92 Å². The van der Waals surface area contributed by atoms with Crippen LogP contribution < -0.4 is 25.4 Å². The molecule has 1 unspecified atom stereocenters. The van der Waals surface area contributed by atoms with Gasteiger partial charge in [-0.05, 0) is 55.6 Å². The Morgan fingerprint density at radius 3 is 2.43 bits per heavy atom. The first kappa shape index (κ1) is 31.6. The van der Waals surface area contributed by atoms with Gasteiger partial charge < -0.3 is 25.2 Å². The van der Waals surface area contributed by atoms with Crippen molar-refractivity contribution in [1.82, 2.24) is 9.88 Å². The first-order valence-electron chi connectivity index (χ1n) is 12.3. The van der Waals surface area contributed by atoms with Gasteiger partial charge >= 0.3 is 0 Å². The largest absolute Gasteiger partial charge is 0.593 e. The molecule has 1 heterocycles. The van der Waals surface area contributed by atoms with Gasteiger partial charge in [0.15, 0.2) is 17.3 Å². The average Bonchev–Trinajstić information content (AvgIpc) is 2.95. The highest BCUT2D eigenvalue weighted by Gasteiger charge is 2.26. The van der Waals surface area contributed by atoms with Gasteiger partial charge in [-0.3, -0.25) is 19.4 Å². The predicted octanol–water partition coefficient (Wildman–Crippen LogP) is 3.75. The van der Waals surface area contributed by atoms with Gasteiger partial charge in [0.25, 0.3) is 11.8 Å². The Kier molecular flexibility index (Phi) is 11.0. The summed E-state index contributed by atoms with van der Waals surface area (Å²) < 4.78 is 48.3. The quantitative estimate of drug-likeness (QED) is 0.0930. The number of benzene rings is 2. The van der Waals surface area contributed by atoms with E-state index in [1.807, 2.05) is 0 Å². The molecule has 0 radical (unpaired) electrons. The summed E-state index contributed by atoms with van der Waals surface area (Å²) in [5, 5.41) is 2.45. The van der Waals surface area contributed by atoms with Crippen LogP contribution in [0.15, 0.2) is 72.7 Å². The monoisotopic (exact) mass is 598 g/mol. The third-order valence-electron chi connectivity index (χ3n) is 5.56. The summed E-state index contributed by atoms with van der Waals surface area (Å²) >= 11 is -1.39. The van der Waals surface area contributed by atoms with Gasteiger partial charge in [-0.25, -0.2) is 18.4 Å². The number of rotatable bonds is 12. The molecule has 1 aromatic heterocycles.